The van der Waals surface area contributed by atoms with Crippen LogP contribution in [0.15, 0.2) is 30.3 Å². The molecule has 1 aliphatic heterocycles. The van der Waals surface area contributed by atoms with Gasteiger partial charge in [0.05, 0.1) is 6.54 Å². The molecule has 1 aliphatic rings. The normalized spacial score (nSPS) is 13.0. The molecule has 4 rings (SSSR count). The monoisotopic (exact) mass is 303 g/mol. The molecular formula is C14H10ClN3O3. The van der Waals surface area contributed by atoms with Crippen molar-refractivity contribution < 1.29 is 14.6 Å². The first kappa shape index (κ1) is 12.3. The minimum absolute atomic E-state index is 0.124. The summed E-state index contributed by atoms with van der Waals surface area (Å²) in [7, 11) is 0. The molecule has 2 heterocycles. The van der Waals surface area contributed by atoms with Gasteiger partial charge in [-0.25, -0.2) is 0 Å². The molecule has 0 radical (unpaired) electrons. The summed E-state index contributed by atoms with van der Waals surface area (Å²) in [4.78, 5) is 1.51. The van der Waals surface area contributed by atoms with Crippen LogP contribution in [0.3, 0.4) is 0 Å². The Balaban J connectivity index is 1.71. The van der Waals surface area contributed by atoms with E-state index < -0.39 is 0 Å². The number of benzene rings is 2. The quantitative estimate of drug-likeness (QED) is 0.788. The van der Waals surface area contributed by atoms with E-state index in [0.29, 0.717) is 34.1 Å². The predicted octanol–water partition coefficient (Wildman–Crippen LogP) is 2.57. The number of aromatic nitrogens is 3. The standard InChI is InChI=1S/C14H10ClN3O3/c15-9-1-2-10-11(4-9)17-18(16-10)6-8-3-13-14(5-12(8)19)21-7-20-13/h1-5,19H,6-7H2. The van der Waals surface area contributed by atoms with E-state index in [1.165, 1.54) is 10.9 Å². The average molecular weight is 304 g/mol. The van der Waals surface area contributed by atoms with Gasteiger partial charge >= 0.3 is 0 Å². The molecule has 0 saturated carbocycles. The molecule has 0 saturated heterocycles. The lowest BCUT2D eigenvalue weighted by Gasteiger charge is -2.05. The number of fused-ring (bicyclic) bond motifs is 2. The van der Waals surface area contributed by atoms with Gasteiger partial charge in [-0.05, 0) is 24.3 Å². The van der Waals surface area contributed by atoms with Crippen LogP contribution in [0.1, 0.15) is 5.56 Å². The zero-order valence-electron chi connectivity index (χ0n) is 10.8. The van der Waals surface area contributed by atoms with Crippen molar-refractivity contribution >= 4 is 22.6 Å². The molecule has 7 heteroatoms. The molecule has 0 amide bonds. The third-order valence-electron chi connectivity index (χ3n) is 3.27. The summed E-state index contributed by atoms with van der Waals surface area (Å²) in [5.41, 5.74) is 2.12. The molecular weight excluding hydrogens is 294 g/mol. The summed E-state index contributed by atoms with van der Waals surface area (Å²) < 4.78 is 10.5. The van der Waals surface area contributed by atoms with Crippen LogP contribution in [-0.4, -0.2) is 26.9 Å². The third kappa shape index (κ3) is 2.13. The van der Waals surface area contributed by atoms with Crippen LogP contribution in [0.25, 0.3) is 11.0 Å². The van der Waals surface area contributed by atoms with Crippen LogP contribution in [0, 0.1) is 0 Å². The second kappa shape index (κ2) is 4.53. The molecule has 1 aromatic heterocycles. The summed E-state index contributed by atoms with van der Waals surface area (Å²) in [5, 5.41) is 19.3. The van der Waals surface area contributed by atoms with E-state index >= 15 is 0 Å². The molecule has 0 unspecified atom stereocenters. The Morgan fingerprint density at radius 2 is 1.86 bits per heavy atom. The Bertz CT molecular complexity index is 847. The number of aromatic hydroxyl groups is 1. The first-order valence-corrected chi connectivity index (χ1v) is 6.69. The SMILES string of the molecule is Oc1cc2c(cc1Cn1nc3ccc(Cl)cc3n1)OCO2. The fourth-order valence-electron chi connectivity index (χ4n) is 2.26. The number of rotatable bonds is 2. The molecule has 0 spiro atoms. The van der Waals surface area contributed by atoms with Crippen LogP contribution < -0.4 is 9.47 Å². The van der Waals surface area contributed by atoms with Crippen LogP contribution in [0.5, 0.6) is 17.2 Å². The topological polar surface area (TPSA) is 69.4 Å². The Morgan fingerprint density at radius 1 is 1.10 bits per heavy atom. The summed E-state index contributed by atoms with van der Waals surface area (Å²) in [6.07, 6.45) is 0. The molecule has 1 N–H and O–H groups in total. The van der Waals surface area contributed by atoms with Gasteiger partial charge in [0.2, 0.25) is 6.79 Å². The highest BCUT2D eigenvalue weighted by molar-refractivity contribution is 6.31. The number of hydrogen-bond acceptors (Lipinski definition) is 5. The Kier molecular flexibility index (Phi) is 2.65. The van der Waals surface area contributed by atoms with Crippen LogP contribution in [-0.2, 0) is 6.54 Å². The minimum Gasteiger partial charge on any atom is -0.507 e. The van der Waals surface area contributed by atoms with Gasteiger partial charge in [0.25, 0.3) is 0 Å². The summed E-state index contributed by atoms with van der Waals surface area (Å²) in [5.74, 6) is 1.28. The van der Waals surface area contributed by atoms with Gasteiger partial charge in [-0.1, -0.05) is 11.6 Å². The Labute approximate surface area is 124 Å². The molecule has 106 valence electrons. The Hall–Kier alpha value is -2.47. The molecule has 21 heavy (non-hydrogen) atoms. The van der Waals surface area contributed by atoms with E-state index in [2.05, 4.69) is 10.2 Å². The van der Waals surface area contributed by atoms with E-state index in [1.54, 1.807) is 24.3 Å². The van der Waals surface area contributed by atoms with E-state index in [9.17, 15) is 5.11 Å². The van der Waals surface area contributed by atoms with Gasteiger partial charge < -0.3 is 14.6 Å². The second-order valence-corrected chi connectivity index (χ2v) is 5.13. The number of hydrogen-bond donors (Lipinski definition) is 1. The fraction of sp³-hybridized carbons (Fsp3) is 0.143. The van der Waals surface area contributed by atoms with Crippen molar-refractivity contribution in [3.63, 3.8) is 0 Å². The van der Waals surface area contributed by atoms with Crippen molar-refractivity contribution in [2.24, 2.45) is 0 Å². The first-order valence-electron chi connectivity index (χ1n) is 6.31. The predicted molar refractivity (Wildman–Crippen MR) is 75.9 cm³/mol. The lowest BCUT2D eigenvalue weighted by Crippen LogP contribution is -2.03. The lowest BCUT2D eigenvalue weighted by molar-refractivity contribution is 0.174. The molecule has 6 nitrogen and oxygen atoms in total. The largest absolute Gasteiger partial charge is 0.507 e. The maximum Gasteiger partial charge on any atom is 0.231 e. The van der Waals surface area contributed by atoms with Crippen molar-refractivity contribution in [2.75, 3.05) is 6.79 Å². The number of nitrogens with zero attached hydrogens (tertiary/aromatic N) is 3. The molecule has 2 aromatic carbocycles. The zero-order chi connectivity index (χ0) is 14.4. The zero-order valence-corrected chi connectivity index (χ0v) is 11.5. The van der Waals surface area contributed by atoms with Crippen molar-refractivity contribution in [1.82, 2.24) is 15.0 Å². The highest BCUT2D eigenvalue weighted by Crippen LogP contribution is 2.37. The van der Waals surface area contributed by atoms with E-state index in [4.69, 9.17) is 21.1 Å². The van der Waals surface area contributed by atoms with Crippen LogP contribution in [0.4, 0.5) is 0 Å². The number of halogens is 1. The summed E-state index contributed by atoms with van der Waals surface area (Å²) in [6, 6.07) is 8.60. The van der Waals surface area contributed by atoms with Gasteiger partial charge in [0.1, 0.15) is 16.8 Å². The molecule has 3 aromatic rings. The van der Waals surface area contributed by atoms with E-state index in [0.717, 1.165) is 5.52 Å². The van der Waals surface area contributed by atoms with Crippen molar-refractivity contribution in [2.45, 2.75) is 6.54 Å². The van der Waals surface area contributed by atoms with Gasteiger partial charge in [0, 0.05) is 16.7 Å². The molecule has 0 fully saturated rings. The average Bonchev–Trinajstić information content (AvgIpc) is 3.04. The summed E-state index contributed by atoms with van der Waals surface area (Å²) in [6.45, 7) is 0.495. The van der Waals surface area contributed by atoms with Gasteiger partial charge in [0.15, 0.2) is 11.5 Å². The lowest BCUT2D eigenvalue weighted by atomic mass is 10.2. The van der Waals surface area contributed by atoms with Crippen molar-refractivity contribution in [1.29, 1.82) is 0 Å². The third-order valence-corrected chi connectivity index (χ3v) is 3.50. The van der Waals surface area contributed by atoms with Gasteiger partial charge in [-0.3, -0.25) is 0 Å². The van der Waals surface area contributed by atoms with Gasteiger partial charge in [-0.2, -0.15) is 15.0 Å². The Morgan fingerprint density at radius 3 is 2.71 bits per heavy atom. The fourth-order valence-corrected chi connectivity index (χ4v) is 2.42. The molecule has 0 bridgehead atoms. The van der Waals surface area contributed by atoms with E-state index in [1.807, 2.05) is 0 Å². The maximum absolute atomic E-state index is 10.0. The van der Waals surface area contributed by atoms with Crippen LogP contribution >= 0.6 is 11.6 Å². The highest BCUT2D eigenvalue weighted by atomic mass is 35.5. The van der Waals surface area contributed by atoms with Gasteiger partial charge in [-0.15, -0.1) is 0 Å². The number of ether oxygens (including phenoxy) is 2. The van der Waals surface area contributed by atoms with E-state index in [-0.39, 0.29) is 12.5 Å². The maximum atomic E-state index is 10.0. The first-order chi connectivity index (χ1) is 10.2. The number of phenols is 1. The van der Waals surface area contributed by atoms with Crippen molar-refractivity contribution in [3.05, 3.63) is 40.9 Å². The van der Waals surface area contributed by atoms with Crippen molar-refractivity contribution in [3.8, 4) is 17.2 Å². The summed E-state index contributed by atoms with van der Waals surface area (Å²) >= 11 is 5.93. The highest BCUT2D eigenvalue weighted by Gasteiger charge is 2.17. The second-order valence-electron chi connectivity index (χ2n) is 4.70. The molecule has 0 atom stereocenters. The minimum atomic E-state index is 0.124. The smallest absolute Gasteiger partial charge is 0.231 e. The van der Waals surface area contributed by atoms with Crippen LogP contribution in [0.2, 0.25) is 5.02 Å². The molecule has 0 aliphatic carbocycles. The number of phenolic OH excluding ortho intramolecular Hbond substituents is 1.